The van der Waals surface area contributed by atoms with Crippen molar-refractivity contribution in [3.05, 3.63) is 84.5 Å². The van der Waals surface area contributed by atoms with E-state index in [1.54, 1.807) is 30.4 Å². The highest BCUT2D eigenvalue weighted by atomic mass is 19.4. The average molecular weight is 474 g/mol. The number of rotatable bonds is 12. The van der Waals surface area contributed by atoms with E-state index in [4.69, 9.17) is 0 Å². The summed E-state index contributed by atoms with van der Waals surface area (Å²) in [7, 11) is 0. The molecule has 0 aliphatic carbocycles. The van der Waals surface area contributed by atoms with Crippen LogP contribution in [-0.4, -0.2) is 33.8 Å². The number of carbonyl (C=O) groups excluding carboxylic acids is 1. The molecule has 0 aliphatic heterocycles. The number of nitrogens with zero attached hydrogens (tertiary/aromatic N) is 3. The van der Waals surface area contributed by atoms with E-state index in [2.05, 4.69) is 33.9 Å². The molecular formula is C25H30F3N5O. The monoisotopic (exact) mass is 473 g/mol. The van der Waals surface area contributed by atoms with Gasteiger partial charge in [-0.05, 0) is 31.1 Å². The van der Waals surface area contributed by atoms with Crippen molar-refractivity contribution in [3.8, 4) is 0 Å². The van der Waals surface area contributed by atoms with E-state index < -0.39 is 11.9 Å². The molecule has 182 valence electrons. The van der Waals surface area contributed by atoms with Gasteiger partial charge in [-0.2, -0.15) is 18.3 Å². The van der Waals surface area contributed by atoms with Crippen LogP contribution in [0.25, 0.3) is 11.4 Å². The molecule has 1 amide bonds. The Morgan fingerprint density at radius 1 is 1.15 bits per heavy atom. The number of nitrogens with one attached hydrogen (secondary N) is 2. The third-order valence-corrected chi connectivity index (χ3v) is 4.72. The highest BCUT2D eigenvalue weighted by molar-refractivity contribution is 5.93. The van der Waals surface area contributed by atoms with Crippen LogP contribution < -0.4 is 10.6 Å². The van der Waals surface area contributed by atoms with Gasteiger partial charge in [0, 0.05) is 42.4 Å². The standard InChI is InChI=1S/C25H30F3N5O/c1-5-7-8-9-11-18(3)33-17-22(23(32-33)25(26,27)28)19(4)29-14-15-30-24(34)20-12-13-21(10-6-2)31-16-20/h7-9,11-13,16-17,29H,3-6,10,14-15H2,1-2H3,(H,30,34)/b8-7-,11-9-. The Bertz CT molecular complexity index is 1050. The lowest BCUT2D eigenvalue weighted by atomic mass is 10.2. The third kappa shape index (κ3) is 7.75. The van der Waals surface area contributed by atoms with Crippen LogP contribution in [0.4, 0.5) is 13.2 Å². The zero-order valence-corrected chi connectivity index (χ0v) is 19.5. The molecule has 0 unspecified atom stereocenters. The van der Waals surface area contributed by atoms with Gasteiger partial charge in [-0.3, -0.25) is 9.78 Å². The van der Waals surface area contributed by atoms with Crippen LogP contribution in [-0.2, 0) is 12.6 Å². The van der Waals surface area contributed by atoms with E-state index in [0.29, 0.717) is 5.56 Å². The smallest absolute Gasteiger partial charge is 0.383 e. The molecule has 2 rings (SSSR count). The van der Waals surface area contributed by atoms with Gasteiger partial charge in [0.15, 0.2) is 5.69 Å². The number of pyridine rings is 1. The second kappa shape index (κ2) is 12.6. The molecule has 0 saturated heterocycles. The summed E-state index contributed by atoms with van der Waals surface area (Å²) >= 11 is 0. The van der Waals surface area contributed by atoms with E-state index in [1.165, 1.54) is 12.4 Å². The van der Waals surface area contributed by atoms with Gasteiger partial charge in [0.1, 0.15) is 0 Å². The first-order chi connectivity index (χ1) is 16.2. The highest BCUT2D eigenvalue weighted by Gasteiger charge is 2.38. The molecule has 0 spiro atoms. The summed E-state index contributed by atoms with van der Waals surface area (Å²) in [6.07, 6.45) is 7.66. The summed E-state index contributed by atoms with van der Waals surface area (Å²) in [5, 5.41) is 9.18. The maximum atomic E-state index is 13.5. The number of aromatic nitrogens is 3. The Labute approximate surface area is 198 Å². The number of alkyl halides is 3. The van der Waals surface area contributed by atoms with E-state index in [1.807, 2.05) is 19.9 Å². The quantitative estimate of drug-likeness (QED) is 0.327. The fourth-order valence-corrected chi connectivity index (χ4v) is 2.96. The van der Waals surface area contributed by atoms with Crippen molar-refractivity contribution in [2.45, 2.75) is 39.3 Å². The molecule has 0 bridgehead atoms. The minimum atomic E-state index is -4.66. The van der Waals surface area contributed by atoms with Crippen molar-refractivity contribution in [1.82, 2.24) is 25.4 Å². The van der Waals surface area contributed by atoms with Crippen molar-refractivity contribution in [2.24, 2.45) is 0 Å². The molecule has 2 N–H and O–H groups in total. The van der Waals surface area contributed by atoms with Gasteiger partial charge in [-0.25, -0.2) is 4.68 Å². The summed E-state index contributed by atoms with van der Waals surface area (Å²) in [6.45, 7) is 11.9. The maximum Gasteiger partial charge on any atom is 0.435 e. The Morgan fingerprint density at radius 3 is 2.50 bits per heavy atom. The predicted molar refractivity (Wildman–Crippen MR) is 129 cm³/mol. The van der Waals surface area contributed by atoms with Gasteiger partial charge < -0.3 is 10.6 Å². The fourth-order valence-electron chi connectivity index (χ4n) is 2.96. The van der Waals surface area contributed by atoms with Crippen LogP contribution in [0.2, 0.25) is 0 Å². The number of aryl methyl sites for hydroxylation is 1. The van der Waals surface area contributed by atoms with Crippen LogP contribution in [0.3, 0.4) is 0 Å². The maximum absolute atomic E-state index is 13.5. The van der Waals surface area contributed by atoms with Crippen molar-refractivity contribution in [2.75, 3.05) is 13.1 Å². The van der Waals surface area contributed by atoms with Crippen LogP contribution in [0.15, 0.2) is 62.0 Å². The summed E-state index contributed by atoms with van der Waals surface area (Å²) in [6, 6.07) is 3.50. The lowest BCUT2D eigenvalue weighted by Crippen LogP contribution is -2.31. The van der Waals surface area contributed by atoms with E-state index in [0.717, 1.165) is 29.6 Å². The lowest BCUT2D eigenvalue weighted by molar-refractivity contribution is -0.141. The summed E-state index contributed by atoms with van der Waals surface area (Å²) in [5.74, 6) is -0.313. The normalized spacial score (nSPS) is 11.8. The van der Waals surface area contributed by atoms with Gasteiger partial charge in [0.2, 0.25) is 0 Å². The molecule has 0 aliphatic rings. The number of carbonyl (C=O) groups is 1. The molecular weight excluding hydrogens is 443 g/mol. The van der Waals surface area contributed by atoms with Crippen LogP contribution in [0.1, 0.15) is 54.0 Å². The lowest BCUT2D eigenvalue weighted by Gasteiger charge is -2.11. The zero-order chi connectivity index (χ0) is 25.1. The Morgan fingerprint density at radius 2 is 1.88 bits per heavy atom. The van der Waals surface area contributed by atoms with Gasteiger partial charge in [-0.15, -0.1) is 0 Å². The Hall–Kier alpha value is -3.62. The minimum Gasteiger partial charge on any atom is -0.383 e. The molecule has 0 fully saturated rings. The molecule has 0 radical (unpaired) electrons. The SMILES string of the molecule is C=C(NCCNC(=O)c1ccc(CCC)nc1)c1cn(C(=C)/C=C\C=C/CC)nc1C(F)(F)F. The van der Waals surface area contributed by atoms with Gasteiger partial charge in [0.25, 0.3) is 5.91 Å². The minimum absolute atomic E-state index is 0.0427. The summed E-state index contributed by atoms with van der Waals surface area (Å²) in [5.41, 5.74) is 0.393. The topological polar surface area (TPSA) is 71.8 Å². The number of hydrogen-bond acceptors (Lipinski definition) is 4. The second-order valence-electron chi connectivity index (χ2n) is 7.47. The third-order valence-electron chi connectivity index (χ3n) is 4.72. The summed E-state index contributed by atoms with van der Waals surface area (Å²) in [4.78, 5) is 16.5. The molecule has 2 aromatic heterocycles. The molecule has 34 heavy (non-hydrogen) atoms. The number of hydrogen-bond donors (Lipinski definition) is 2. The number of allylic oxidation sites excluding steroid dienone is 5. The number of amides is 1. The number of halogens is 3. The van der Waals surface area contributed by atoms with Crippen molar-refractivity contribution in [3.63, 3.8) is 0 Å². The first-order valence-electron chi connectivity index (χ1n) is 11.0. The Kier molecular flexibility index (Phi) is 9.85. The van der Waals surface area contributed by atoms with E-state index in [-0.39, 0.29) is 36.0 Å². The molecule has 2 aromatic rings. The largest absolute Gasteiger partial charge is 0.435 e. The molecule has 0 atom stereocenters. The van der Waals surface area contributed by atoms with Crippen LogP contribution in [0.5, 0.6) is 0 Å². The van der Waals surface area contributed by atoms with Gasteiger partial charge in [0.05, 0.1) is 11.3 Å². The van der Waals surface area contributed by atoms with Gasteiger partial charge >= 0.3 is 6.18 Å². The fraction of sp³-hybridized carbons (Fsp3) is 0.320. The van der Waals surface area contributed by atoms with Crippen LogP contribution in [0, 0.1) is 0 Å². The molecule has 0 aromatic carbocycles. The highest BCUT2D eigenvalue weighted by Crippen LogP contribution is 2.33. The van der Waals surface area contributed by atoms with Crippen molar-refractivity contribution < 1.29 is 18.0 Å². The van der Waals surface area contributed by atoms with Gasteiger partial charge in [-0.1, -0.05) is 51.7 Å². The molecule has 9 heteroatoms. The average Bonchev–Trinajstić information content (AvgIpc) is 3.26. The summed E-state index contributed by atoms with van der Waals surface area (Å²) < 4.78 is 41.7. The Balaban J connectivity index is 1.98. The van der Waals surface area contributed by atoms with E-state index >= 15 is 0 Å². The second-order valence-corrected chi connectivity index (χ2v) is 7.47. The first kappa shape index (κ1) is 26.6. The zero-order valence-electron chi connectivity index (χ0n) is 19.5. The molecule has 6 nitrogen and oxygen atoms in total. The molecule has 2 heterocycles. The van der Waals surface area contributed by atoms with Crippen molar-refractivity contribution in [1.29, 1.82) is 0 Å². The van der Waals surface area contributed by atoms with Crippen molar-refractivity contribution >= 4 is 17.3 Å². The first-order valence-corrected chi connectivity index (χ1v) is 11.0. The molecule has 0 saturated carbocycles. The van der Waals surface area contributed by atoms with Crippen LogP contribution >= 0.6 is 0 Å². The van der Waals surface area contributed by atoms with E-state index in [9.17, 15) is 18.0 Å². The predicted octanol–water partition coefficient (Wildman–Crippen LogP) is 5.23.